The average Bonchev–Trinajstić information content (AvgIpc) is 3.36. The smallest absolute Gasteiger partial charge is 0.258 e. The third kappa shape index (κ3) is 5.11. The molecule has 1 saturated carbocycles. The molecule has 33 heavy (non-hydrogen) atoms. The summed E-state index contributed by atoms with van der Waals surface area (Å²) in [5.41, 5.74) is 3.99. The van der Waals surface area contributed by atoms with Crippen molar-refractivity contribution in [1.29, 1.82) is 0 Å². The van der Waals surface area contributed by atoms with Crippen LogP contribution in [0.25, 0.3) is 16.7 Å². The quantitative estimate of drug-likeness (QED) is 0.372. The number of rotatable bonds is 7. The molecule has 0 aliphatic heterocycles. The zero-order valence-corrected chi connectivity index (χ0v) is 18.4. The number of ether oxygens (including phenoxy) is 1. The molecule has 1 aliphatic rings. The molecule has 1 aliphatic carbocycles. The summed E-state index contributed by atoms with van der Waals surface area (Å²) in [6, 6.07) is 15.0. The van der Waals surface area contributed by atoms with Gasteiger partial charge in [0.2, 0.25) is 0 Å². The molecule has 6 heteroatoms. The van der Waals surface area contributed by atoms with Crippen LogP contribution >= 0.6 is 0 Å². The molecule has 2 heterocycles. The number of hydrogen-bond acceptors (Lipinski definition) is 4. The third-order valence-electron chi connectivity index (χ3n) is 6.35. The van der Waals surface area contributed by atoms with Gasteiger partial charge in [0.15, 0.2) is 0 Å². The highest BCUT2D eigenvalue weighted by Gasteiger charge is 2.15. The molecule has 5 nitrogen and oxygen atoms in total. The van der Waals surface area contributed by atoms with E-state index in [0.717, 1.165) is 40.3 Å². The Bertz CT molecular complexity index is 1310. The van der Waals surface area contributed by atoms with Crippen molar-refractivity contribution in [3.8, 4) is 11.4 Å². The lowest BCUT2D eigenvalue weighted by atomic mass is 10.0. The van der Waals surface area contributed by atoms with Crippen molar-refractivity contribution in [3.63, 3.8) is 0 Å². The van der Waals surface area contributed by atoms with Crippen molar-refractivity contribution in [2.75, 3.05) is 0 Å². The molecular formula is C27H26FN3O2. The molecule has 0 atom stereocenters. The standard InChI is InChI=1S/C27H26FN3O2/c28-21-8-5-20(6-9-21)18-33-24-13-14-31(27(32)16-24)23-11-12-25-26(15-23)29-17-22(30-25)10-7-19-3-1-2-4-19/h5-6,8-9,11-17,19H,1-4,7,10,18H2. The Morgan fingerprint density at radius 3 is 2.61 bits per heavy atom. The van der Waals surface area contributed by atoms with Crippen molar-refractivity contribution in [3.05, 3.63) is 94.4 Å². The highest BCUT2D eigenvalue weighted by atomic mass is 19.1. The van der Waals surface area contributed by atoms with Gasteiger partial charge >= 0.3 is 0 Å². The summed E-state index contributed by atoms with van der Waals surface area (Å²) in [7, 11) is 0. The Hall–Kier alpha value is -3.54. The number of fused-ring (bicyclic) bond motifs is 1. The minimum atomic E-state index is -0.290. The van der Waals surface area contributed by atoms with E-state index >= 15 is 0 Å². The van der Waals surface area contributed by atoms with E-state index in [1.54, 1.807) is 29.0 Å². The Morgan fingerprint density at radius 2 is 1.82 bits per heavy atom. The van der Waals surface area contributed by atoms with Crippen LogP contribution in [0.2, 0.25) is 0 Å². The lowest BCUT2D eigenvalue weighted by molar-refractivity contribution is 0.305. The Kier molecular flexibility index (Phi) is 6.15. The van der Waals surface area contributed by atoms with Gasteiger partial charge in [-0.05, 0) is 60.7 Å². The van der Waals surface area contributed by atoms with Crippen molar-refractivity contribution in [1.82, 2.24) is 14.5 Å². The SMILES string of the molecule is O=c1cc(OCc2ccc(F)cc2)ccn1-c1ccc2nc(CCC3CCCC3)cnc2c1. The maximum absolute atomic E-state index is 13.0. The van der Waals surface area contributed by atoms with E-state index in [1.807, 2.05) is 24.4 Å². The molecule has 0 radical (unpaired) electrons. The zero-order valence-electron chi connectivity index (χ0n) is 18.4. The van der Waals surface area contributed by atoms with E-state index in [1.165, 1.54) is 50.3 Å². The predicted molar refractivity (Wildman–Crippen MR) is 126 cm³/mol. The maximum Gasteiger partial charge on any atom is 0.258 e. The van der Waals surface area contributed by atoms with Gasteiger partial charge in [-0.25, -0.2) is 9.37 Å². The predicted octanol–water partition coefficient (Wildman–Crippen LogP) is 5.62. The van der Waals surface area contributed by atoms with Gasteiger partial charge in [-0.15, -0.1) is 0 Å². The zero-order chi connectivity index (χ0) is 22.6. The van der Waals surface area contributed by atoms with Gasteiger partial charge in [-0.2, -0.15) is 0 Å². The van der Waals surface area contributed by atoms with Gasteiger partial charge in [0.25, 0.3) is 5.56 Å². The number of benzene rings is 2. The molecular weight excluding hydrogens is 417 g/mol. The van der Waals surface area contributed by atoms with Crippen LogP contribution in [0.15, 0.2) is 71.8 Å². The molecule has 5 rings (SSSR count). The minimum Gasteiger partial charge on any atom is -0.489 e. The number of hydrogen-bond donors (Lipinski definition) is 0. The van der Waals surface area contributed by atoms with Crippen LogP contribution in [-0.2, 0) is 13.0 Å². The third-order valence-corrected chi connectivity index (χ3v) is 6.35. The van der Waals surface area contributed by atoms with E-state index in [2.05, 4.69) is 4.98 Å². The normalized spacial score (nSPS) is 14.1. The van der Waals surface area contributed by atoms with Gasteiger partial charge in [-0.1, -0.05) is 37.8 Å². The van der Waals surface area contributed by atoms with E-state index in [-0.39, 0.29) is 18.0 Å². The minimum absolute atomic E-state index is 0.202. The molecule has 168 valence electrons. The summed E-state index contributed by atoms with van der Waals surface area (Å²) < 4.78 is 20.3. The van der Waals surface area contributed by atoms with Crippen LogP contribution in [0, 0.1) is 11.7 Å². The maximum atomic E-state index is 13.0. The summed E-state index contributed by atoms with van der Waals surface area (Å²) in [4.78, 5) is 22.1. The van der Waals surface area contributed by atoms with Crippen LogP contribution in [0.5, 0.6) is 5.75 Å². The van der Waals surface area contributed by atoms with E-state index in [9.17, 15) is 9.18 Å². The van der Waals surface area contributed by atoms with Crippen molar-refractivity contribution in [2.45, 2.75) is 45.1 Å². The molecule has 0 saturated heterocycles. The molecule has 2 aromatic carbocycles. The van der Waals surface area contributed by atoms with Crippen molar-refractivity contribution < 1.29 is 9.13 Å². The fourth-order valence-electron chi connectivity index (χ4n) is 4.47. The molecule has 0 spiro atoms. The first-order valence-electron chi connectivity index (χ1n) is 11.5. The van der Waals surface area contributed by atoms with Crippen LogP contribution in [-0.4, -0.2) is 14.5 Å². The Labute approximate surface area is 191 Å². The van der Waals surface area contributed by atoms with Gasteiger partial charge in [0.05, 0.1) is 22.4 Å². The molecule has 0 N–H and O–H groups in total. The lowest BCUT2D eigenvalue weighted by Gasteiger charge is -2.10. The molecule has 0 bridgehead atoms. The molecule has 0 unspecified atom stereocenters. The number of aromatic nitrogens is 3. The van der Waals surface area contributed by atoms with Crippen LogP contribution < -0.4 is 10.3 Å². The fraction of sp³-hybridized carbons (Fsp3) is 0.296. The van der Waals surface area contributed by atoms with E-state index in [0.29, 0.717) is 5.75 Å². The largest absolute Gasteiger partial charge is 0.489 e. The molecule has 4 aromatic rings. The second-order valence-corrected chi connectivity index (χ2v) is 8.71. The van der Waals surface area contributed by atoms with E-state index < -0.39 is 0 Å². The number of aryl methyl sites for hydroxylation is 1. The first-order valence-corrected chi connectivity index (χ1v) is 11.5. The summed E-state index contributed by atoms with van der Waals surface area (Å²) in [5, 5.41) is 0. The lowest BCUT2D eigenvalue weighted by Crippen LogP contribution is -2.16. The molecule has 1 fully saturated rings. The summed E-state index contributed by atoms with van der Waals surface area (Å²) in [6.45, 7) is 0.262. The average molecular weight is 444 g/mol. The second-order valence-electron chi connectivity index (χ2n) is 8.71. The van der Waals surface area contributed by atoms with Crippen LogP contribution in [0.1, 0.15) is 43.4 Å². The number of halogens is 1. The second kappa shape index (κ2) is 9.53. The fourth-order valence-corrected chi connectivity index (χ4v) is 4.47. The van der Waals surface area contributed by atoms with E-state index in [4.69, 9.17) is 9.72 Å². The van der Waals surface area contributed by atoms with Crippen LogP contribution in [0.4, 0.5) is 4.39 Å². The Morgan fingerprint density at radius 1 is 1.00 bits per heavy atom. The first-order chi connectivity index (χ1) is 16.1. The molecule has 2 aromatic heterocycles. The first kappa shape index (κ1) is 21.3. The van der Waals surface area contributed by atoms with Gasteiger partial charge < -0.3 is 4.74 Å². The highest BCUT2D eigenvalue weighted by molar-refractivity contribution is 5.76. The number of pyridine rings is 1. The summed E-state index contributed by atoms with van der Waals surface area (Å²) >= 11 is 0. The summed E-state index contributed by atoms with van der Waals surface area (Å²) in [6.07, 6.45) is 11.1. The van der Waals surface area contributed by atoms with Gasteiger partial charge in [0.1, 0.15) is 18.2 Å². The molecule has 0 amide bonds. The summed E-state index contributed by atoms with van der Waals surface area (Å²) in [5.74, 6) is 1.01. The van der Waals surface area contributed by atoms with Gasteiger partial charge in [0, 0.05) is 18.5 Å². The van der Waals surface area contributed by atoms with Crippen molar-refractivity contribution in [2.24, 2.45) is 5.92 Å². The van der Waals surface area contributed by atoms with Gasteiger partial charge in [-0.3, -0.25) is 14.3 Å². The Balaban J connectivity index is 1.29. The highest BCUT2D eigenvalue weighted by Crippen LogP contribution is 2.28. The van der Waals surface area contributed by atoms with Crippen LogP contribution in [0.3, 0.4) is 0 Å². The monoisotopic (exact) mass is 443 g/mol. The van der Waals surface area contributed by atoms with Crippen molar-refractivity contribution >= 4 is 11.0 Å². The number of nitrogens with zero attached hydrogens (tertiary/aromatic N) is 3. The topological polar surface area (TPSA) is 57.0 Å².